The lowest BCUT2D eigenvalue weighted by molar-refractivity contribution is 0.463. The Morgan fingerprint density at radius 3 is 2.50 bits per heavy atom. The van der Waals surface area contributed by atoms with Crippen LogP contribution in [0.3, 0.4) is 0 Å². The average molecular weight is 297 g/mol. The molecule has 0 radical (unpaired) electrons. The lowest BCUT2D eigenvalue weighted by Gasteiger charge is -2.11. The molecule has 0 aliphatic carbocycles. The van der Waals surface area contributed by atoms with Crippen molar-refractivity contribution in [3.8, 4) is 17.2 Å². The maximum absolute atomic E-state index is 9.88. The highest BCUT2D eigenvalue weighted by Crippen LogP contribution is 2.29. The average Bonchev–Trinajstić information content (AvgIpc) is 3.00. The fourth-order valence-electron chi connectivity index (χ4n) is 2.04. The molecule has 0 saturated heterocycles. The smallest absolute Gasteiger partial charge is 0.321 e. The zero-order valence-electron chi connectivity index (χ0n) is 12.5. The summed E-state index contributed by atoms with van der Waals surface area (Å²) in [6.07, 6.45) is 3.32. The van der Waals surface area contributed by atoms with Crippen molar-refractivity contribution in [3.05, 3.63) is 41.3 Å². The molecule has 0 spiro atoms. The Labute approximate surface area is 127 Å². The predicted molar refractivity (Wildman–Crippen MR) is 80.9 cm³/mol. The topological polar surface area (TPSA) is 97.0 Å². The summed E-state index contributed by atoms with van der Waals surface area (Å²) in [5.74, 6) is 1.18. The van der Waals surface area contributed by atoms with E-state index in [1.807, 2.05) is 13.8 Å². The maximum atomic E-state index is 9.88. The minimum absolute atomic E-state index is 0.200. The van der Waals surface area contributed by atoms with Crippen molar-refractivity contribution in [2.24, 2.45) is 0 Å². The van der Waals surface area contributed by atoms with Crippen LogP contribution in [0.4, 0.5) is 11.8 Å². The molecule has 112 valence electrons. The highest BCUT2D eigenvalue weighted by molar-refractivity contribution is 5.59. The SMILES string of the molecule is Cc1nc(Nc2nnc(-c3ccncc3)o2)c(C)c(C)c1O. The van der Waals surface area contributed by atoms with Gasteiger partial charge >= 0.3 is 6.01 Å². The molecule has 3 aromatic heterocycles. The van der Waals surface area contributed by atoms with Gasteiger partial charge in [0.05, 0.1) is 5.69 Å². The third-order valence-corrected chi connectivity index (χ3v) is 3.47. The van der Waals surface area contributed by atoms with Crippen LogP contribution in [-0.4, -0.2) is 25.3 Å². The summed E-state index contributed by atoms with van der Waals surface area (Å²) in [7, 11) is 0. The van der Waals surface area contributed by atoms with Gasteiger partial charge in [0.15, 0.2) is 0 Å². The van der Waals surface area contributed by atoms with Gasteiger partial charge in [-0.25, -0.2) is 4.98 Å². The van der Waals surface area contributed by atoms with E-state index >= 15 is 0 Å². The van der Waals surface area contributed by atoms with Gasteiger partial charge in [0.1, 0.15) is 11.6 Å². The number of pyridine rings is 2. The minimum atomic E-state index is 0.200. The largest absolute Gasteiger partial charge is 0.506 e. The number of nitrogens with zero attached hydrogens (tertiary/aromatic N) is 4. The number of aromatic hydroxyl groups is 1. The van der Waals surface area contributed by atoms with Crippen LogP contribution in [0.25, 0.3) is 11.5 Å². The highest BCUT2D eigenvalue weighted by Gasteiger charge is 2.14. The van der Waals surface area contributed by atoms with Gasteiger partial charge in [-0.2, -0.15) is 0 Å². The molecule has 22 heavy (non-hydrogen) atoms. The van der Waals surface area contributed by atoms with Crippen LogP contribution in [0, 0.1) is 20.8 Å². The molecule has 0 amide bonds. The summed E-state index contributed by atoms with van der Waals surface area (Å²) in [4.78, 5) is 8.26. The lowest BCUT2D eigenvalue weighted by atomic mass is 10.1. The van der Waals surface area contributed by atoms with E-state index in [0.717, 1.165) is 16.7 Å². The Balaban J connectivity index is 1.91. The second kappa shape index (κ2) is 5.44. The van der Waals surface area contributed by atoms with Crippen molar-refractivity contribution < 1.29 is 9.52 Å². The number of rotatable bonds is 3. The monoisotopic (exact) mass is 297 g/mol. The van der Waals surface area contributed by atoms with Gasteiger partial charge in [-0.05, 0) is 44.0 Å². The molecule has 0 bridgehead atoms. The molecule has 3 heterocycles. The number of aryl methyl sites for hydroxylation is 1. The van der Waals surface area contributed by atoms with E-state index in [-0.39, 0.29) is 11.8 Å². The summed E-state index contributed by atoms with van der Waals surface area (Å²) in [5.41, 5.74) is 2.92. The third-order valence-electron chi connectivity index (χ3n) is 3.47. The number of hydrogen-bond donors (Lipinski definition) is 2. The fraction of sp³-hybridized carbons (Fsp3) is 0.200. The van der Waals surface area contributed by atoms with Crippen LogP contribution in [0.5, 0.6) is 5.75 Å². The molecule has 2 N–H and O–H groups in total. The summed E-state index contributed by atoms with van der Waals surface area (Å²) >= 11 is 0. The second-order valence-electron chi connectivity index (χ2n) is 4.92. The van der Waals surface area contributed by atoms with Gasteiger partial charge < -0.3 is 9.52 Å². The zero-order chi connectivity index (χ0) is 15.7. The highest BCUT2D eigenvalue weighted by atomic mass is 16.4. The van der Waals surface area contributed by atoms with Crippen LogP contribution in [0.15, 0.2) is 28.9 Å². The van der Waals surface area contributed by atoms with Crippen LogP contribution in [0.2, 0.25) is 0 Å². The summed E-state index contributed by atoms with van der Waals surface area (Å²) in [6.45, 7) is 5.44. The molecular formula is C15H15N5O2. The van der Waals surface area contributed by atoms with E-state index in [1.54, 1.807) is 31.5 Å². The third kappa shape index (κ3) is 2.48. The first kappa shape index (κ1) is 14.0. The first-order valence-electron chi connectivity index (χ1n) is 6.74. The van der Waals surface area contributed by atoms with Gasteiger partial charge in [0, 0.05) is 18.0 Å². The van der Waals surface area contributed by atoms with Crippen molar-refractivity contribution in [2.75, 3.05) is 5.32 Å². The Bertz CT molecular complexity index is 814. The van der Waals surface area contributed by atoms with Gasteiger partial charge in [0.2, 0.25) is 5.89 Å². The molecule has 0 aromatic carbocycles. The summed E-state index contributed by atoms with van der Waals surface area (Å²) in [6, 6.07) is 3.82. The van der Waals surface area contributed by atoms with E-state index in [1.165, 1.54) is 0 Å². The maximum Gasteiger partial charge on any atom is 0.321 e. The molecule has 3 aromatic rings. The second-order valence-corrected chi connectivity index (χ2v) is 4.92. The molecule has 0 fully saturated rings. The Morgan fingerprint density at radius 1 is 1.05 bits per heavy atom. The molecule has 3 rings (SSSR count). The number of aromatic nitrogens is 4. The van der Waals surface area contributed by atoms with Crippen molar-refractivity contribution in [1.82, 2.24) is 20.2 Å². The normalized spacial score (nSPS) is 10.7. The molecule has 0 unspecified atom stereocenters. The molecule has 7 heteroatoms. The fourth-order valence-corrected chi connectivity index (χ4v) is 2.04. The van der Waals surface area contributed by atoms with Crippen LogP contribution < -0.4 is 5.32 Å². The first-order valence-corrected chi connectivity index (χ1v) is 6.74. The van der Waals surface area contributed by atoms with Gasteiger partial charge in [-0.3, -0.25) is 10.3 Å². The molecule has 7 nitrogen and oxygen atoms in total. The molecule has 0 aliphatic heterocycles. The molecule has 0 atom stereocenters. The van der Waals surface area contributed by atoms with Crippen molar-refractivity contribution in [1.29, 1.82) is 0 Å². The van der Waals surface area contributed by atoms with Gasteiger partial charge in [-0.15, -0.1) is 5.10 Å². The van der Waals surface area contributed by atoms with E-state index < -0.39 is 0 Å². The van der Waals surface area contributed by atoms with Crippen LogP contribution in [0.1, 0.15) is 16.8 Å². The summed E-state index contributed by atoms with van der Waals surface area (Å²) < 4.78 is 5.57. The Morgan fingerprint density at radius 2 is 1.77 bits per heavy atom. The quantitative estimate of drug-likeness (QED) is 0.767. The van der Waals surface area contributed by atoms with Crippen molar-refractivity contribution in [2.45, 2.75) is 20.8 Å². The Hall–Kier alpha value is -2.96. The zero-order valence-corrected chi connectivity index (χ0v) is 12.5. The van der Waals surface area contributed by atoms with E-state index in [0.29, 0.717) is 17.4 Å². The van der Waals surface area contributed by atoms with Crippen LogP contribution in [-0.2, 0) is 0 Å². The molecule has 0 aliphatic rings. The van der Waals surface area contributed by atoms with Crippen molar-refractivity contribution >= 4 is 11.8 Å². The van der Waals surface area contributed by atoms with Crippen molar-refractivity contribution in [3.63, 3.8) is 0 Å². The lowest BCUT2D eigenvalue weighted by Crippen LogP contribution is -2.01. The van der Waals surface area contributed by atoms with E-state index in [2.05, 4.69) is 25.5 Å². The van der Waals surface area contributed by atoms with Gasteiger partial charge in [0.25, 0.3) is 0 Å². The number of anilines is 2. The van der Waals surface area contributed by atoms with Gasteiger partial charge in [-0.1, -0.05) is 5.10 Å². The Kier molecular flexibility index (Phi) is 3.46. The minimum Gasteiger partial charge on any atom is -0.506 e. The standard InChI is InChI=1S/C15H15N5O2/c1-8-9(2)13(17-10(3)12(8)21)18-15-20-19-14(22-15)11-4-6-16-7-5-11/h4-7,21H,1-3H3,(H,17,18,20). The molecule has 0 saturated carbocycles. The van der Waals surface area contributed by atoms with E-state index in [9.17, 15) is 5.11 Å². The molecular weight excluding hydrogens is 282 g/mol. The van der Waals surface area contributed by atoms with E-state index in [4.69, 9.17) is 4.42 Å². The number of nitrogens with one attached hydrogen (secondary N) is 1. The first-order chi connectivity index (χ1) is 10.6. The number of hydrogen-bond acceptors (Lipinski definition) is 7. The predicted octanol–water partition coefficient (Wildman–Crippen LogP) is 2.90. The van der Waals surface area contributed by atoms with Crippen LogP contribution >= 0.6 is 0 Å². The summed E-state index contributed by atoms with van der Waals surface area (Å²) in [5, 5.41) is 20.8.